The van der Waals surface area contributed by atoms with E-state index in [9.17, 15) is 18.4 Å². The third-order valence-electron chi connectivity index (χ3n) is 6.65. The van der Waals surface area contributed by atoms with Gasteiger partial charge in [-0.2, -0.15) is 0 Å². The van der Waals surface area contributed by atoms with E-state index in [1.807, 2.05) is 30.3 Å². The van der Waals surface area contributed by atoms with E-state index >= 15 is 0 Å². The van der Waals surface area contributed by atoms with Gasteiger partial charge in [-0.1, -0.05) is 42.5 Å². The van der Waals surface area contributed by atoms with E-state index in [0.29, 0.717) is 40.9 Å². The number of allylic oxidation sites excluding steroid dienone is 3. The van der Waals surface area contributed by atoms with E-state index in [4.69, 9.17) is 0 Å². The van der Waals surface area contributed by atoms with Crippen LogP contribution >= 0.6 is 0 Å². The van der Waals surface area contributed by atoms with Crippen molar-refractivity contribution in [2.75, 3.05) is 5.32 Å². The molecule has 5 rings (SSSR count). The van der Waals surface area contributed by atoms with Crippen molar-refractivity contribution in [1.82, 2.24) is 5.32 Å². The maximum absolute atomic E-state index is 13.7. The van der Waals surface area contributed by atoms with Crippen molar-refractivity contribution in [3.63, 3.8) is 0 Å². The van der Waals surface area contributed by atoms with Crippen LogP contribution < -0.4 is 10.6 Å². The number of rotatable bonds is 4. The zero-order valence-electron chi connectivity index (χ0n) is 19.1. The summed E-state index contributed by atoms with van der Waals surface area (Å²) in [7, 11) is 0. The van der Waals surface area contributed by atoms with E-state index < -0.39 is 23.5 Å². The first-order valence-electron chi connectivity index (χ1n) is 11.5. The van der Waals surface area contributed by atoms with Gasteiger partial charge in [-0.3, -0.25) is 9.59 Å². The standard InChI is InChI=1S/C29H24F2N2O2/c1-17-26(29(35)33-23-13-11-22(31)12-14-23)27(19-7-9-21(30)10-8-19)28-24(32-17)15-20(16-25(28)34)18-5-3-2-4-6-18/h2-14,20,27,32H,15-16H2,1H3,(H,33,35). The van der Waals surface area contributed by atoms with Crippen LogP contribution in [0.15, 0.2) is 101 Å². The van der Waals surface area contributed by atoms with Crippen LogP contribution in [0.25, 0.3) is 0 Å². The molecule has 0 fully saturated rings. The summed E-state index contributed by atoms with van der Waals surface area (Å²) < 4.78 is 27.1. The third-order valence-corrected chi connectivity index (χ3v) is 6.65. The van der Waals surface area contributed by atoms with Crippen molar-refractivity contribution < 1.29 is 18.4 Å². The number of ketones is 1. The normalized spacial score (nSPS) is 19.8. The lowest BCUT2D eigenvalue weighted by molar-refractivity contribution is -0.116. The maximum Gasteiger partial charge on any atom is 0.254 e. The van der Waals surface area contributed by atoms with Crippen LogP contribution in [0.3, 0.4) is 0 Å². The number of halogens is 2. The molecule has 0 radical (unpaired) electrons. The summed E-state index contributed by atoms with van der Waals surface area (Å²) in [4.78, 5) is 27.0. The third kappa shape index (κ3) is 4.52. The van der Waals surface area contributed by atoms with Gasteiger partial charge >= 0.3 is 0 Å². The summed E-state index contributed by atoms with van der Waals surface area (Å²) in [5.74, 6) is -1.85. The smallest absolute Gasteiger partial charge is 0.254 e. The number of hydrogen-bond acceptors (Lipinski definition) is 3. The Morgan fingerprint density at radius 3 is 2.14 bits per heavy atom. The first-order chi connectivity index (χ1) is 16.9. The van der Waals surface area contributed by atoms with Crippen molar-refractivity contribution >= 4 is 17.4 Å². The second-order valence-corrected chi connectivity index (χ2v) is 8.94. The minimum absolute atomic E-state index is 0.0335. The summed E-state index contributed by atoms with van der Waals surface area (Å²) in [6, 6.07) is 21.3. The van der Waals surface area contributed by atoms with E-state index in [1.165, 1.54) is 36.4 Å². The molecule has 2 atom stereocenters. The van der Waals surface area contributed by atoms with Gasteiger partial charge in [0.25, 0.3) is 5.91 Å². The zero-order valence-corrected chi connectivity index (χ0v) is 19.1. The highest BCUT2D eigenvalue weighted by molar-refractivity contribution is 6.10. The van der Waals surface area contributed by atoms with Crippen LogP contribution in [0.2, 0.25) is 0 Å². The number of hydrogen-bond donors (Lipinski definition) is 2. The van der Waals surface area contributed by atoms with Crippen molar-refractivity contribution in [2.24, 2.45) is 0 Å². The van der Waals surface area contributed by atoms with Gasteiger partial charge in [0, 0.05) is 40.6 Å². The molecule has 6 heteroatoms. The molecule has 3 aromatic rings. The summed E-state index contributed by atoms with van der Waals surface area (Å²) in [6.07, 6.45) is 0.959. The molecule has 2 N–H and O–H groups in total. The van der Waals surface area contributed by atoms with E-state index in [-0.39, 0.29) is 11.7 Å². The molecular weight excluding hydrogens is 446 g/mol. The number of benzene rings is 3. The Morgan fingerprint density at radius 2 is 1.49 bits per heavy atom. The largest absolute Gasteiger partial charge is 0.362 e. The Labute approximate surface area is 202 Å². The average molecular weight is 471 g/mol. The minimum atomic E-state index is -0.642. The Kier molecular flexibility index (Phi) is 6.03. The minimum Gasteiger partial charge on any atom is -0.362 e. The molecule has 1 heterocycles. The van der Waals surface area contributed by atoms with Crippen LogP contribution in [0.4, 0.5) is 14.5 Å². The monoisotopic (exact) mass is 470 g/mol. The van der Waals surface area contributed by atoms with Crippen molar-refractivity contribution in [2.45, 2.75) is 31.6 Å². The van der Waals surface area contributed by atoms with Gasteiger partial charge in [0.15, 0.2) is 5.78 Å². The molecule has 1 aliphatic carbocycles. The number of Topliss-reactive ketones (excluding diaryl/α,β-unsaturated/α-hetero) is 1. The lowest BCUT2D eigenvalue weighted by Crippen LogP contribution is -2.37. The van der Waals surface area contributed by atoms with Crippen LogP contribution in [0.5, 0.6) is 0 Å². The van der Waals surface area contributed by atoms with Gasteiger partial charge in [-0.25, -0.2) is 8.78 Å². The quantitative estimate of drug-likeness (QED) is 0.494. The van der Waals surface area contributed by atoms with Gasteiger partial charge in [-0.05, 0) is 66.8 Å². The predicted molar refractivity (Wildman–Crippen MR) is 130 cm³/mol. The first-order valence-corrected chi connectivity index (χ1v) is 11.5. The number of amides is 1. The van der Waals surface area contributed by atoms with Gasteiger partial charge in [0.1, 0.15) is 11.6 Å². The van der Waals surface area contributed by atoms with Crippen molar-refractivity contribution in [3.8, 4) is 0 Å². The zero-order chi connectivity index (χ0) is 24.5. The molecule has 0 saturated heterocycles. The first kappa shape index (κ1) is 22.7. The predicted octanol–water partition coefficient (Wildman–Crippen LogP) is 5.97. The fraction of sp³-hybridized carbons (Fsp3) is 0.172. The molecule has 0 saturated carbocycles. The van der Waals surface area contributed by atoms with Crippen LogP contribution in [0, 0.1) is 11.6 Å². The van der Waals surface area contributed by atoms with Crippen LogP contribution in [0.1, 0.15) is 42.7 Å². The molecule has 2 aliphatic rings. The highest BCUT2D eigenvalue weighted by Crippen LogP contribution is 2.45. The second-order valence-electron chi connectivity index (χ2n) is 8.94. The Bertz CT molecular complexity index is 1340. The Hall–Kier alpha value is -4.06. The molecule has 176 valence electrons. The fourth-order valence-electron chi connectivity index (χ4n) is 5.02. The molecule has 0 bridgehead atoms. The van der Waals surface area contributed by atoms with Gasteiger partial charge in [0.2, 0.25) is 0 Å². The second kappa shape index (κ2) is 9.29. The highest BCUT2D eigenvalue weighted by Gasteiger charge is 2.40. The van der Waals surface area contributed by atoms with Crippen molar-refractivity contribution in [3.05, 3.63) is 124 Å². The molecule has 1 aliphatic heterocycles. The number of carbonyl (C=O) groups excluding carboxylic acids is 2. The topological polar surface area (TPSA) is 58.2 Å². The van der Waals surface area contributed by atoms with E-state index in [0.717, 1.165) is 11.3 Å². The molecular formula is C29H24F2N2O2. The number of dihydropyridines is 1. The summed E-state index contributed by atoms with van der Waals surface area (Å²) in [5, 5.41) is 6.14. The van der Waals surface area contributed by atoms with Crippen LogP contribution in [-0.4, -0.2) is 11.7 Å². The maximum atomic E-state index is 13.7. The summed E-state index contributed by atoms with van der Waals surface area (Å²) in [6.45, 7) is 1.80. The molecule has 4 nitrogen and oxygen atoms in total. The van der Waals surface area contributed by atoms with Crippen molar-refractivity contribution in [1.29, 1.82) is 0 Å². The Balaban J connectivity index is 1.55. The highest BCUT2D eigenvalue weighted by atomic mass is 19.1. The molecule has 1 amide bonds. The van der Waals surface area contributed by atoms with Gasteiger partial charge in [0.05, 0.1) is 0 Å². The lowest BCUT2D eigenvalue weighted by Gasteiger charge is -2.37. The summed E-state index contributed by atoms with van der Waals surface area (Å²) in [5.41, 5.74) is 4.53. The van der Waals surface area contributed by atoms with Gasteiger partial charge < -0.3 is 10.6 Å². The molecule has 2 unspecified atom stereocenters. The molecule has 0 spiro atoms. The van der Waals surface area contributed by atoms with E-state index in [1.54, 1.807) is 19.1 Å². The number of carbonyl (C=O) groups is 2. The number of nitrogens with one attached hydrogen (secondary N) is 2. The average Bonchev–Trinajstić information content (AvgIpc) is 2.85. The van der Waals surface area contributed by atoms with Gasteiger partial charge in [-0.15, -0.1) is 0 Å². The Morgan fingerprint density at radius 1 is 0.857 bits per heavy atom. The van der Waals surface area contributed by atoms with E-state index in [2.05, 4.69) is 10.6 Å². The molecule has 3 aromatic carbocycles. The summed E-state index contributed by atoms with van der Waals surface area (Å²) >= 11 is 0. The lowest BCUT2D eigenvalue weighted by atomic mass is 9.71. The SMILES string of the molecule is CC1=C(C(=O)Nc2ccc(F)cc2)C(c2ccc(F)cc2)C2=C(CC(c3ccccc3)CC2=O)N1. The molecule has 0 aromatic heterocycles. The van der Waals surface area contributed by atoms with Crippen LogP contribution in [-0.2, 0) is 9.59 Å². The molecule has 35 heavy (non-hydrogen) atoms. The fourth-order valence-corrected chi connectivity index (χ4v) is 5.02. The number of anilines is 1.